The summed E-state index contributed by atoms with van der Waals surface area (Å²) in [6.45, 7) is 6.32. The summed E-state index contributed by atoms with van der Waals surface area (Å²) in [5, 5.41) is 0.884. The lowest BCUT2D eigenvalue weighted by Gasteiger charge is -2.38. The molecule has 134 valence electrons. The number of nitrogens with one attached hydrogen (secondary N) is 1. The Morgan fingerprint density at radius 3 is 2.81 bits per heavy atom. The van der Waals surface area contributed by atoms with E-state index in [2.05, 4.69) is 65.0 Å². The Morgan fingerprint density at radius 1 is 1.23 bits per heavy atom. The highest BCUT2D eigenvalue weighted by atomic mass is 32.2. The molecule has 1 N–H and O–H groups in total. The van der Waals surface area contributed by atoms with Gasteiger partial charge in [-0.15, -0.1) is 0 Å². The predicted molar refractivity (Wildman–Crippen MR) is 103 cm³/mol. The smallest absolute Gasteiger partial charge is 0.405 e. The van der Waals surface area contributed by atoms with Gasteiger partial charge < -0.3 is 14.3 Å². The van der Waals surface area contributed by atoms with Gasteiger partial charge >= 0.3 is 7.12 Å². The topological polar surface area (TPSA) is 72.9 Å². The van der Waals surface area contributed by atoms with Crippen LogP contribution in [0.1, 0.15) is 32.8 Å². The summed E-state index contributed by atoms with van der Waals surface area (Å²) in [7, 11) is -0.305. The minimum Gasteiger partial charge on any atom is -0.405 e. The number of nitrogens with zero attached hydrogens (tertiary/aromatic N) is 3. The van der Waals surface area contributed by atoms with Crippen molar-refractivity contribution in [3.8, 4) is 0 Å². The summed E-state index contributed by atoms with van der Waals surface area (Å²) in [6, 6.07) is 8.39. The van der Waals surface area contributed by atoms with E-state index < -0.39 is 0 Å². The highest BCUT2D eigenvalue weighted by Crippen LogP contribution is 2.27. The van der Waals surface area contributed by atoms with Gasteiger partial charge in [-0.3, -0.25) is 0 Å². The lowest BCUT2D eigenvalue weighted by atomic mass is 9.75. The molecule has 1 aliphatic heterocycles. The minimum atomic E-state index is -0.305. The number of H-pyrrole nitrogens is 1. The number of thioether (sulfide) groups is 1. The van der Waals surface area contributed by atoms with Crippen LogP contribution >= 0.6 is 11.8 Å². The van der Waals surface area contributed by atoms with Gasteiger partial charge in [0.2, 0.25) is 0 Å². The molecule has 4 rings (SSSR count). The van der Waals surface area contributed by atoms with Crippen LogP contribution in [0.2, 0.25) is 0 Å². The normalized spacial score (nSPS) is 19.8. The molecule has 6 nitrogen and oxygen atoms in total. The monoisotopic (exact) mass is 368 g/mol. The van der Waals surface area contributed by atoms with Crippen LogP contribution in [-0.2, 0) is 15.1 Å². The summed E-state index contributed by atoms with van der Waals surface area (Å²) in [4.78, 5) is 15.8. The first-order chi connectivity index (χ1) is 12.5. The van der Waals surface area contributed by atoms with Crippen molar-refractivity contribution in [2.24, 2.45) is 0 Å². The van der Waals surface area contributed by atoms with Crippen molar-refractivity contribution < 1.29 is 9.31 Å². The molecular weight excluding hydrogens is 347 g/mol. The van der Waals surface area contributed by atoms with Gasteiger partial charge in [0.15, 0.2) is 5.65 Å². The molecule has 0 spiro atoms. The van der Waals surface area contributed by atoms with E-state index in [0.29, 0.717) is 0 Å². The molecule has 3 heterocycles. The molecule has 1 atom stereocenters. The van der Waals surface area contributed by atoms with E-state index in [1.807, 2.05) is 0 Å². The lowest BCUT2D eigenvalue weighted by molar-refractivity contribution is -0.0229. The predicted octanol–water partition coefficient (Wildman–Crippen LogP) is 2.94. The fourth-order valence-corrected chi connectivity index (χ4v) is 4.14. The summed E-state index contributed by atoms with van der Waals surface area (Å²) in [6.07, 6.45) is 4.30. The van der Waals surface area contributed by atoms with E-state index in [1.54, 1.807) is 24.4 Å². The van der Waals surface area contributed by atoms with Crippen molar-refractivity contribution in [3.63, 3.8) is 0 Å². The summed E-state index contributed by atoms with van der Waals surface area (Å²) >= 11 is 1.65. The quantitative estimate of drug-likeness (QED) is 0.434. The highest BCUT2D eigenvalue weighted by molar-refractivity contribution is 7.98. The number of imidazole rings is 1. The molecule has 1 saturated heterocycles. The van der Waals surface area contributed by atoms with Crippen LogP contribution in [0.3, 0.4) is 0 Å². The average Bonchev–Trinajstić information content (AvgIpc) is 3.08. The number of aromatic nitrogens is 4. The van der Waals surface area contributed by atoms with Crippen molar-refractivity contribution in [2.45, 2.75) is 49.7 Å². The third kappa shape index (κ3) is 3.77. The molecule has 1 unspecified atom stereocenters. The third-order valence-corrected chi connectivity index (χ3v) is 5.42. The van der Waals surface area contributed by atoms with Crippen LogP contribution in [0.5, 0.6) is 0 Å². The van der Waals surface area contributed by atoms with Crippen molar-refractivity contribution in [1.82, 2.24) is 19.9 Å². The van der Waals surface area contributed by atoms with Crippen LogP contribution in [0.25, 0.3) is 11.2 Å². The Labute approximate surface area is 157 Å². The zero-order valence-corrected chi connectivity index (χ0v) is 15.9. The van der Waals surface area contributed by atoms with E-state index in [0.717, 1.165) is 33.8 Å². The highest BCUT2D eigenvalue weighted by Gasteiger charge is 2.37. The number of rotatable bonds is 4. The third-order valence-electron chi connectivity index (χ3n) is 4.37. The molecule has 1 aliphatic rings. The van der Waals surface area contributed by atoms with Crippen molar-refractivity contribution >= 4 is 35.5 Å². The fourth-order valence-electron chi connectivity index (χ4n) is 3.23. The largest absolute Gasteiger partial charge is 0.494 e. The van der Waals surface area contributed by atoms with E-state index in [1.165, 1.54) is 5.56 Å². The number of hydrogen-bond acceptors (Lipinski definition) is 6. The standard InChI is InChI=1S/C18H21BN4O2S/c1-12-8-18(2,3)25-19(24-12)14-6-4-13(5-7-14)9-26-17-15-16(21-10-20-15)22-11-23-17/h4-7,10-12H,8-9H2,1-3H3,(H,20,21,22,23). The molecule has 26 heavy (non-hydrogen) atoms. The molecule has 1 aromatic carbocycles. The molecule has 0 bridgehead atoms. The van der Waals surface area contributed by atoms with E-state index >= 15 is 0 Å². The number of benzene rings is 1. The Morgan fingerprint density at radius 2 is 2.04 bits per heavy atom. The second-order valence-corrected chi connectivity index (χ2v) is 8.13. The van der Waals surface area contributed by atoms with Gasteiger partial charge in [-0.2, -0.15) is 0 Å². The van der Waals surface area contributed by atoms with Crippen LogP contribution in [0.15, 0.2) is 41.9 Å². The average molecular weight is 368 g/mol. The zero-order valence-electron chi connectivity index (χ0n) is 15.1. The minimum absolute atomic E-state index is 0.168. The second kappa shape index (κ2) is 7.02. The van der Waals surface area contributed by atoms with Gasteiger partial charge in [-0.25, -0.2) is 15.0 Å². The summed E-state index contributed by atoms with van der Waals surface area (Å²) in [5.41, 5.74) is 3.67. The van der Waals surface area contributed by atoms with Gasteiger partial charge in [0.1, 0.15) is 16.9 Å². The molecule has 8 heteroatoms. The molecule has 0 amide bonds. The van der Waals surface area contributed by atoms with Crippen molar-refractivity contribution in [2.75, 3.05) is 0 Å². The fraction of sp³-hybridized carbons (Fsp3) is 0.389. The van der Waals surface area contributed by atoms with Gasteiger partial charge in [0.05, 0.1) is 11.9 Å². The first kappa shape index (κ1) is 17.5. The van der Waals surface area contributed by atoms with Crippen LogP contribution < -0.4 is 5.46 Å². The molecule has 3 aromatic rings. The lowest BCUT2D eigenvalue weighted by Crippen LogP contribution is -2.51. The van der Waals surface area contributed by atoms with E-state index in [9.17, 15) is 0 Å². The number of aromatic amines is 1. The number of fused-ring (bicyclic) bond motifs is 1. The molecule has 2 aromatic heterocycles. The summed E-state index contributed by atoms with van der Waals surface area (Å²) in [5.74, 6) is 0.813. The molecule has 0 saturated carbocycles. The van der Waals surface area contributed by atoms with Crippen LogP contribution in [0, 0.1) is 0 Å². The zero-order chi connectivity index (χ0) is 18.1. The second-order valence-electron chi connectivity index (χ2n) is 7.17. The maximum Gasteiger partial charge on any atom is 0.494 e. The van der Waals surface area contributed by atoms with Crippen LogP contribution in [-0.4, -0.2) is 38.8 Å². The Kier molecular flexibility index (Phi) is 4.73. The van der Waals surface area contributed by atoms with Gasteiger partial charge in [-0.1, -0.05) is 36.0 Å². The van der Waals surface area contributed by atoms with Crippen LogP contribution in [0.4, 0.5) is 0 Å². The maximum absolute atomic E-state index is 6.08. The maximum atomic E-state index is 6.08. The molecule has 0 radical (unpaired) electrons. The Balaban J connectivity index is 1.44. The SMILES string of the molecule is CC1CC(C)(C)OB(c2ccc(CSc3ncnc4[nH]cnc34)cc2)O1. The van der Waals surface area contributed by atoms with Crippen molar-refractivity contribution in [1.29, 1.82) is 0 Å². The number of hydrogen-bond donors (Lipinski definition) is 1. The first-order valence-electron chi connectivity index (χ1n) is 8.69. The van der Waals surface area contributed by atoms with Gasteiger partial charge in [-0.05, 0) is 38.2 Å². The molecule has 0 aliphatic carbocycles. The summed E-state index contributed by atoms with van der Waals surface area (Å²) < 4.78 is 12.0. The first-order valence-corrected chi connectivity index (χ1v) is 9.68. The molecular formula is C18H21BN4O2S. The van der Waals surface area contributed by atoms with E-state index in [-0.39, 0.29) is 18.8 Å². The van der Waals surface area contributed by atoms with Gasteiger partial charge in [0, 0.05) is 11.9 Å². The molecule has 1 fully saturated rings. The van der Waals surface area contributed by atoms with E-state index in [4.69, 9.17) is 9.31 Å². The van der Waals surface area contributed by atoms with Gasteiger partial charge in [0.25, 0.3) is 0 Å². The van der Waals surface area contributed by atoms with Crippen molar-refractivity contribution in [3.05, 3.63) is 42.5 Å². The Bertz CT molecular complexity index is 900. The Hall–Kier alpha value is -1.90.